The van der Waals surface area contributed by atoms with Crippen molar-refractivity contribution in [3.8, 4) is 22.8 Å². The Morgan fingerprint density at radius 3 is 2.50 bits per heavy atom. The van der Waals surface area contributed by atoms with E-state index in [1.54, 1.807) is 12.1 Å². The van der Waals surface area contributed by atoms with Gasteiger partial charge in [0.1, 0.15) is 5.75 Å². The second kappa shape index (κ2) is 7.24. The zero-order chi connectivity index (χ0) is 19.7. The van der Waals surface area contributed by atoms with Crippen molar-refractivity contribution in [2.24, 2.45) is 0 Å². The highest BCUT2D eigenvalue weighted by molar-refractivity contribution is 5.66. The highest BCUT2D eigenvalue weighted by Crippen LogP contribution is 2.28. The molecule has 2 N–H and O–H groups in total. The van der Waals surface area contributed by atoms with Gasteiger partial charge in [0.15, 0.2) is 11.6 Å². The normalized spacial score (nSPS) is 14.8. The number of phenols is 1. The average molecular weight is 374 g/mol. The van der Waals surface area contributed by atoms with E-state index >= 15 is 0 Å². The van der Waals surface area contributed by atoms with E-state index in [0.717, 1.165) is 48.0 Å². The third kappa shape index (κ3) is 3.71. The maximum Gasteiger partial charge on any atom is 0.179 e. The second-order valence-electron chi connectivity index (χ2n) is 8.21. The Bertz CT molecular complexity index is 1010. The molecule has 0 aliphatic carbocycles. The lowest BCUT2D eigenvalue weighted by Gasteiger charge is -2.19. The Labute approximate surface area is 165 Å². The standard InChI is InChI=1S/C23H26N4O/c1-23(2,3)18-11-9-16(10-12-18)22-25-21(17-6-5-13-24-15-17)26-27(22)19-7-4-8-20(28)14-19/h4,6-12,14,24,28H,5,13,15H2,1-3H3. The van der Waals surface area contributed by atoms with Crippen LogP contribution < -0.4 is 5.32 Å². The lowest BCUT2D eigenvalue weighted by atomic mass is 9.87. The number of phenolic OH excluding ortho intramolecular Hbond substituents is 1. The number of nitrogens with zero attached hydrogens (tertiary/aromatic N) is 3. The molecule has 2 aromatic carbocycles. The Morgan fingerprint density at radius 2 is 1.86 bits per heavy atom. The SMILES string of the molecule is CC(C)(C)c1ccc(-c2nc(C3=CCCNC3)nn2-c2cccc(O)c2)cc1. The van der Waals surface area contributed by atoms with E-state index in [9.17, 15) is 5.11 Å². The van der Waals surface area contributed by atoms with Gasteiger partial charge in [-0.15, -0.1) is 5.10 Å². The molecule has 0 amide bonds. The first kappa shape index (κ1) is 18.4. The number of nitrogens with one attached hydrogen (secondary N) is 1. The number of benzene rings is 2. The van der Waals surface area contributed by atoms with Gasteiger partial charge in [0.2, 0.25) is 0 Å². The molecule has 1 aliphatic heterocycles. The summed E-state index contributed by atoms with van der Waals surface area (Å²) in [5.74, 6) is 1.71. The summed E-state index contributed by atoms with van der Waals surface area (Å²) in [6.45, 7) is 8.37. The molecule has 28 heavy (non-hydrogen) atoms. The molecule has 0 radical (unpaired) electrons. The van der Waals surface area contributed by atoms with E-state index in [4.69, 9.17) is 10.1 Å². The van der Waals surface area contributed by atoms with Crippen LogP contribution in [0.25, 0.3) is 22.6 Å². The maximum absolute atomic E-state index is 9.93. The molecule has 1 aromatic heterocycles. The van der Waals surface area contributed by atoms with Gasteiger partial charge in [0.05, 0.1) is 5.69 Å². The number of hydrogen-bond donors (Lipinski definition) is 2. The zero-order valence-corrected chi connectivity index (χ0v) is 16.6. The van der Waals surface area contributed by atoms with Gasteiger partial charge in [-0.3, -0.25) is 0 Å². The minimum atomic E-state index is 0.0984. The number of hydrogen-bond acceptors (Lipinski definition) is 4. The summed E-state index contributed by atoms with van der Waals surface area (Å²) in [5.41, 5.74) is 4.27. The molecule has 0 saturated heterocycles. The molecule has 3 aromatic rings. The van der Waals surface area contributed by atoms with Crippen LogP contribution in [0.1, 0.15) is 38.6 Å². The third-order valence-electron chi connectivity index (χ3n) is 5.01. The Balaban J connectivity index is 1.82. The van der Waals surface area contributed by atoms with Crippen LogP contribution in [-0.2, 0) is 5.41 Å². The molecule has 4 rings (SSSR count). The molecule has 0 spiro atoms. The number of rotatable bonds is 3. The topological polar surface area (TPSA) is 63.0 Å². The summed E-state index contributed by atoms with van der Waals surface area (Å²) in [7, 11) is 0. The third-order valence-corrected chi connectivity index (χ3v) is 5.01. The van der Waals surface area contributed by atoms with Crippen molar-refractivity contribution in [1.82, 2.24) is 20.1 Å². The van der Waals surface area contributed by atoms with Gasteiger partial charge >= 0.3 is 0 Å². The van der Waals surface area contributed by atoms with Crippen LogP contribution >= 0.6 is 0 Å². The van der Waals surface area contributed by atoms with Crippen molar-refractivity contribution in [1.29, 1.82) is 0 Å². The van der Waals surface area contributed by atoms with Gasteiger partial charge in [-0.1, -0.05) is 57.2 Å². The van der Waals surface area contributed by atoms with Crippen molar-refractivity contribution in [2.45, 2.75) is 32.6 Å². The van der Waals surface area contributed by atoms with Gasteiger partial charge in [-0.25, -0.2) is 9.67 Å². The fourth-order valence-electron chi connectivity index (χ4n) is 3.37. The summed E-state index contributed by atoms with van der Waals surface area (Å²) < 4.78 is 1.82. The van der Waals surface area contributed by atoms with Crippen LogP contribution in [0.5, 0.6) is 5.75 Å². The van der Waals surface area contributed by atoms with Crippen LogP contribution in [0.2, 0.25) is 0 Å². The first-order valence-corrected chi connectivity index (χ1v) is 9.69. The van der Waals surface area contributed by atoms with E-state index in [1.165, 1.54) is 5.56 Å². The summed E-state index contributed by atoms with van der Waals surface area (Å²) >= 11 is 0. The van der Waals surface area contributed by atoms with E-state index in [-0.39, 0.29) is 11.2 Å². The first-order chi connectivity index (χ1) is 13.4. The van der Waals surface area contributed by atoms with E-state index in [1.807, 2.05) is 16.8 Å². The van der Waals surface area contributed by atoms with Crippen LogP contribution in [0.3, 0.4) is 0 Å². The van der Waals surface area contributed by atoms with Gasteiger partial charge < -0.3 is 10.4 Å². The zero-order valence-electron chi connectivity index (χ0n) is 16.6. The maximum atomic E-state index is 9.93. The highest BCUT2D eigenvalue weighted by atomic mass is 16.3. The molecular weight excluding hydrogens is 348 g/mol. The van der Waals surface area contributed by atoms with Crippen LogP contribution in [0.15, 0.2) is 54.6 Å². The van der Waals surface area contributed by atoms with Crippen molar-refractivity contribution in [3.63, 3.8) is 0 Å². The second-order valence-corrected chi connectivity index (χ2v) is 8.21. The molecule has 5 heteroatoms. The summed E-state index contributed by atoms with van der Waals surface area (Å²) in [5, 5.41) is 18.1. The van der Waals surface area contributed by atoms with Crippen molar-refractivity contribution < 1.29 is 5.11 Å². The van der Waals surface area contributed by atoms with Crippen LogP contribution in [0, 0.1) is 0 Å². The Kier molecular flexibility index (Phi) is 4.77. The minimum Gasteiger partial charge on any atom is -0.508 e. The molecule has 0 fully saturated rings. The van der Waals surface area contributed by atoms with E-state index in [2.05, 4.69) is 56.4 Å². The molecule has 5 nitrogen and oxygen atoms in total. The molecule has 144 valence electrons. The van der Waals surface area contributed by atoms with Gasteiger partial charge in [-0.05, 0) is 36.1 Å². The fourth-order valence-corrected chi connectivity index (χ4v) is 3.37. The molecule has 0 saturated carbocycles. The summed E-state index contributed by atoms with van der Waals surface area (Å²) in [6.07, 6.45) is 3.18. The van der Waals surface area contributed by atoms with E-state index < -0.39 is 0 Å². The van der Waals surface area contributed by atoms with Gasteiger partial charge in [0, 0.05) is 23.7 Å². The molecule has 0 unspecified atom stereocenters. The first-order valence-electron chi connectivity index (χ1n) is 9.69. The molecule has 0 bridgehead atoms. The highest BCUT2D eigenvalue weighted by Gasteiger charge is 2.19. The predicted molar refractivity (Wildman–Crippen MR) is 113 cm³/mol. The number of aromatic hydroxyl groups is 1. The van der Waals surface area contributed by atoms with E-state index in [0.29, 0.717) is 0 Å². The summed E-state index contributed by atoms with van der Waals surface area (Å²) in [6, 6.07) is 15.6. The lowest BCUT2D eigenvalue weighted by molar-refractivity contribution is 0.475. The monoisotopic (exact) mass is 374 g/mol. The fraction of sp³-hybridized carbons (Fsp3) is 0.304. The molecule has 0 atom stereocenters. The van der Waals surface area contributed by atoms with Crippen molar-refractivity contribution in [2.75, 3.05) is 13.1 Å². The van der Waals surface area contributed by atoms with Crippen molar-refractivity contribution in [3.05, 3.63) is 66.0 Å². The number of aromatic nitrogens is 3. The lowest BCUT2D eigenvalue weighted by Crippen LogP contribution is -2.22. The summed E-state index contributed by atoms with van der Waals surface area (Å²) in [4.78, 5) is 4.86. The van der Waals surface area contributed by atoms with Crippen molar-refractivity contribution >= 4 is 5.57 Å². The molecule has 1 aliphatic rings. The smallest absolute Gasteiger partial charge is 0.179 e. The quantitative estimate of drug-likeness (QED) is 0.717. The van der Waals surface area contributed by atoms with Crippen LogP contribution in [-0.4, -0.2) is 33.0 Å². The Hall–Kier alpha value is -2.92. The van der Waals surface area contributed by atoms with Gasteiger partial charge in [-0.2, -0.15) is 0 Å². The van der Waals surface area contributed by atoms with Crippen LogP contribution in [0.4, 0.5) is 0 Å². The molecular formula is C23H26N4O. The largest absolute Gasteiger partial charge is 0.508 e. The van der Waals surface area contributed by atoms with Gasteiger partial charge in [0.25, 0.3) is 0 Å². The average Bonchev–Trinajstić information content (AvgIpc) is 3.14. The molecule has 2 heterocycles. The predicted octanol–water partition coefficient (Wildman–Crippen LogP) is 4.31. The Morgan fingerprint density at radius 1 is 1.07 bits per heavy atom. The minimum absolute atomic E-state index is 0.0984.